The summed E-state index contributed by atoms with van der Waals surface area (Å²) in [5, 5.41) is 3.81. The maximum atomic E-state index is 12.9. The summed E-state index contributed by atoms with van der Waals surface area (Å²) in [5.74, 6) is -0.455. The van der Waals surface area contributed by atoms with Crippen molar-refractivity contribution in [3.8, 4) is 0 Å². The average Bonchev–Trinajstić information content (AvgIpc) is 2.76. The van der Waals surface area contributed by atoms with Crippen LogP contribution in [0.1, 0.15) is 19.8 Å². The Hall–Kier alpha value is -1.46. The molecule has 30 heavy (non-hydrogen) atoms. The Balaban J connectivity index is 1.72. The van der Waals surface area contributed by atoms with Gasteiger partial charge in [0.05, 0.1) is 41.3 Å². The molecule has 8 nitrogen and oxygen atoms in total. The Morgan fingerprint density at radius 1 is 1.33 bits per heavy atom. The van der Waals surface area contributed by atoms with E-state index in [1.807, 2.05) is 4.90 Å². The molecule has 0 bridgehead atoms. The Kier molecular flexibility index (Phi) is 7.92. The van der Waals surface area contributed by atoms with Crippen LogP contribution in [0, 0.1) is 5.92 Å². The molecule has 0 saturated carbocycles. The first-order valence-corrected chi connectivity index (χ1v) is 12.2. The number of rotatable bonds is 5. The number of carbonyl (C=O) groups is 1. The van der Waals surface area contributed by atoms with Crippen LogP contribution in [0.25, 0.3) is 0 Å². The van der Waals surface area contributed by atoms with Gasteiger partial charge in [-0.2, -0.15) is 4.31 Å². The molecule has 0 spiro atoms. The standard InChI is InChI=1S/C19H26ClN3O5S2/c1-2-28-18(24)14-4-3-7-22(13-14)19(29)21-17-12-15(5-6-16(17)20)30(25,26)23-8-10-27-11-9-23/h5-6,12,14H,2-4,7-11,13H2,1H3,(H,21,29). The number of likely N-dealkylation sites (tertiary alicyclic amines) is 1. The maximum absolute atomic E-state index is 12.9. The molecule has 11 heteroatoms. The summed E-state index contributed by atoms with van der Waals surface area (Å²) < 4.78 is 37.6. The summed E-state index contributed by atoms with van der Waals surface area (Å²) in [7, 11) is -3.65. The van der Waals surface area contributed by atoms with E-state index in [2.05, 4.69) is 5.32 Å². The fraction of sp³-hybridized carbons (Fsp3) is 0.579. The molecule has 1 aromatic rings. The van der Waals surface area contributed by atoms with Gasteiger partial charge < -0.3 is 19.7 Å². The van der Waals surface area contributed by atoms with Crippen LogP contribution >= 0.6 is 23.8 Å². The molecule has 2 saturated heterocycles. The van der Waals surface area contributed by atoms with Gasteiger partial charge in [-0.25, -0.2) is 8.42 Å². The molecule has 2 aliphatic heterocycles. The molecule has 2 heterocycles. The highest BCUT2D eigenvalue weighted by molar-refractivity contribution is 7.89. The zero-order valence-electron chi connectivity index (χ0n) is 16.8. The molecule has 1 N–H and O–H groups in total. The van der Waals surface area contributed by atoms with E-state index in [1.54, 1.807) is 6.92 Å². The second-order valence-corrected chi connectivity index (χ2v) is 9.86. The van der Waals surface area contributed by atoms with Gasteiger partial charge in [0, 0.05) is 26.2 Å². The molecule has 0 aromatic heterocycles. The van der Waals surface area contributed by atoms with Gasteiger partial charge in [0.1, 0.15) is 0 Å². The number of sulfonamides is 1. The van der Waals surface area contributed by atoms with Crippen molar-refractivity contribution in [1.29, 1.82) is 0 Å². The van der Waals surface area contributed by atoms with Crippen LogP contribution in [0.4, 0.5) is 5.69 Å². The summed E-state index contributed by atoms with van der Waals surface area (Å²) in [6.45, 7) is 4.66. The van der Waals surface area contributed by atoms with Gasteiger partial charge in [-0.05, 0) is 50.2 Å². The number of anilines is 1. The molecule has 1 aromatic carbocycles. The third-order valence-corrected chi connectivity index (χ3v) is 7.70. The Bertz CT molecular complexity index is 890. The molecule has 3 rings (SSSR count). The minimum atomic E-state index is -3.65. The van der Waals surface area contributed by atoms with Crippen molar-refractivity contribution >= 4 is 50.6 Å². The Morgan fingerprint density at radius 3 is 2.77 bits per heavy atom. The molecule has 2 aliphatic rings. The number of piperidine rings is 1. The number of ether oxygens (including phenoxy) is 2. The summed E-state index contributed by atoms with van der Waals surface area (Å²) >= 11 is 11.8. The number of hydrogen-bond donors (Lipinski definition) is 1. The lowest BCUT2D eigenvalue weighted by Crippen LogP contribution is -2.44. The maximum Gasteiger partial charge on any atom is 0.310 e. The molecule has 0 amide bonds. The highest BCUT2D eigenvalue weighted by Crippen LogP contribution is 2.28. The minimum absolute atomic E-state index is 0.141. The van der Waals surface area contributed by atoms with Gasteiger partial charge in [-0.3, -0.25) is 4.79 Å². The normalized spacial score (nSPS) is 20.6. The van der Waals surface area contributed by atoms with Gasteiger partial charge in [0.2, 0.25) is 10.0 Å². The molecular weight excluding hydrogens is 450 g/mol. The minimum Gasteiger partial charge on any atom is -0.466 e. The van der Waals surface area contributed by atoms with Crippen LogP contribution in [-0.4, -0.2) is 74.7 Å². The first-order chi connectivity index (χ1) is 14.3. The Morgan fingerprint density at radius 2 is 2.07 bits per heavy atom. The van der Waals surface area contributed by atoms with E-state index in [-0.39, 0.29) is 16.8 Å². The summed E-state index contributed by atoms with van der Waals surface area (Å²) in [6, 6.07) is 4.52. The predicted octanol–water partition coefficient (Wildman–Crippen LogP) is 2.33. The SMILES string of the molecule is CCOC(=O)C1CCCN(C(=S)Nc2cc(S(=O)(=O)N3CCOCC3)ccc2Cl)C1. The lowest BCUT2D eigenvalue weighted by atomic mass is 9.98. The quantitative estimate of drug-likeness (QED) is 0.512. The third kappa shape index (κ3) is 5.42. The average molecular weight is 476 g/mol. The Labute approximate surface area is 187 Å². The highest BCUT2D eigenvalue weighted by Gasteiger charge is 2.29. The topological polar surface area (TPSA) is 88.2 Å². The van der Waals surface area contributed by atoms with Crippen molar-refractivity contribution in [2.75, 3.05) is 51.3 Å². The fourth-order valence-electron chi connectivity index (χ4n) is 3.51. The lowest BCUT2D eigenvalue weighted by Gasteiger charge is -2.33. The molecule has 1 atom stereocenters. The predicted molar refractivity (Wildman–Crippen MR) is 118 cm³/mol. The molecule has 1 unspecified atom stereocenters. The number of morpholine rings is 1. The smallest absolute Gasteiger partial charge is 0.310 e. The van der Waals surface area contributed by atoms with Gasteiger partial charge in [0.15, 0.2) is 5.11 Å². The number of benzene rings is 1. The van der Waals surface area contributed by atoms with Crippen LogP contribution in [0.15, 0.2) is 23.1 Å². The number of nitrogens with zero attached hydrogens (tertiary/aromatic N) is 2. The summed E-state index contributed by atoms with van der Waals surface area (Å²) in [5.41, 5.74) is 0.411. The largest absolute Gasteiger partial charge is 0.466 e. The number of halogens is 1. The zero-order chi connectivity index (χ0) is 21.7. The van der Waals surface area contributed by atoms with E-state index in [0.717, 1.165) is 12.8 Å². The van der Waals surface area contributed by atoms with Crippen LogP contribution in [0.3, 0.4) is 0 Å². The van der Waals surface area contributed by atoms with E-state index < -0.39 is 10.0 Å². The van der Waals surface area contributed by atoms with E-state index in [4.69, 9.17) is 33.3 Å². The number of nitrogens with one attached hydrogen (secondary N) is 1. The zero-order valence-corrected chi connectivity index (χ0v) is 19.2. The number of esters is 1. The van der Waals surface area contributed by atoms with Crippen LogP contribution in [0.2, 0.25) is 5.02 Å². The van der Waals surface area contributed by atoms with E-state index >= 15 is 0 Å². The van der Waals surface area contributed by atoms with Crippen molar-refractivity contribution in [2.24, 2.45) is 5.92 Å². The van der Waals surface area contributed by atoms with Crippen molar-refractivity contribution in [3.63, 3.8) is 0 Å². The van der Waals surface area contributed by atoms with Gasteiger partial charge in [-0.1, -0.05) is 11.6 Å². The van der Waals surface area contributed by atoms with Gasteiger partial charge in [0.25, 0.3) is 0 Å². The second kappa shape index (κ2) is 10.2. The van der Waals surface area contributed by atoms with Crippen molar-refractivity contribution in [2.45, 2.75) is 24.7 Å². The molecule has 0 radical (unpaired) electrons. The highest BCUT2D eigenvalue weighted by atomic mass is 35.5. The number of thiocarbonyl (C=S) groups is 1. The van der Waals surface area contributed by atoms with Gasteiger partial charge >= 0.3 is 5.97 Å². The molecule has 166 valence electrons. The van der Waals surface area contributed by atoms with E-state index in [1.165, 1.54) is 22.5 Å². The summed E-state index contributed by atoms with van der Waals surface area (Å²) in [6.07, 6.45) is 1.57. The van der Waals surface area contributed by atoms with Crippen LogP contribution in [0.5, 0.6) is 0 Å². The first-order valence-electron chi connectivity index (χ1n) is 9.93. The third-order valence-electron chi connectivity index (χ3n) is 5.12. The molecular formula is C19H26ClN3O5S2. The van der Waals surface area contributed by atoms with E-state index in [9.17, 15) is 13.2 Å². The van der Waals surface area contributed by atoms with Gasteiger partial charge in [-0.15, -0.1) is 0 Å². The number of carbonyl (C=O) groups excluding carboxylic acids is 1. The van der Waals surface area contributed by atoms with E-state index in [0.29, 0.717) is 61.8 Å². The lowest BCUT2D eigenvalue weighted by molar-refractivity contribution is -0.149. The molecule has 0 aliphatic carbocycles. The van der Waals surface area contributed by atoms with Crippen molar-refractivity contribution in [3.05, 3.63) is 23.2 Å². The number of hydrogen-bond acceptors (Lipinski definition) is 6. The van der Waals surface area contributed by atoms with Crippen molar-refractivity contribution in [1.82, 2.24) is 9.21 Å². The monoisotopic (exact) mass is 475 g/mol. The first kappa shape index (κ1) is 23.2. The summed E-state index contributed by atoms with van der Waals surface area (Å²) in [4.78, 5) is 14.1. The van der Waals surface area contributed by atoms with Crippen LogP contribution in [-0.2, 0) is 24.3 Å². The van der Waals surface area contributed by atoms with Crippen molar-refractivity contribution < 1.29 is 22.7 Å². The fourth-order valence-corrected chi connectivity index (χ4v) is 5.38. The molecule has 2 fully saturated rings. The van der Waals surface area contributed by atoms with Crippen LogP contribution < -0.4 is 5.32 Å². The second-order valence-electron chi connectivity index (χ2n) is 7.13.